The summed E-state index contributed by atoms with van der Waals surface area (Å²) in [6.07, 6.45) is 5.94. The van der Waals surface area contributed by atoms with E-state index in [2.05, 4.69) is 15.3 Å². The molecule has 0 atom stereocenters. The summed E-state index contributed by atoms with van der Waals surface area (Å²) in [6, 6.07) is 7.95. The van der Waals surface area contributed by atoms with E-state index in [4.69, 9.17) is 5.11 Å². The van der Waals surface area contributed by atoms with Crippen LogP contribution in [0.15, 0.2) is 42.9 Å². The van der Waals surface area contributed by atoms with Crippen molar-refractivity contribution >= 4 is 5.82 Å². The molecule has 1 heterocycles. The van der Waals surface area contributed by atoms with Gasteiger partial charge < -0.3 is 10.4 Å². The number of anilines is 1. The molecule has 2 rings (SSSR count). The molecule has 2 N–H and O–H groups in total. The summed E-state index contributed by atoms with van der Waals surface area (Å²) in [7, 11) is 0. The summed E-state index contributed by atoms with van der Waals surface area (Å²) in [4.78, 5) is 8.11. The summed E-state index contributed by atoms with van der Waals surface area (Å²) in [5.41, 5.74) is 2.18. The summed E-state index contributed by atoms with van der Waals surface area (Å²) in [6.45, 7) is 0.912. The van der Waals surface area contributed by atoms with Crippen molar-refractivity contribution in [3.8, 4) is 0 Å². The Kier molecular flexibility index (Phi) is 4.05. The Morgan fingerprint density at radius 3 is 2.47 bits per heavy atom. The van der Waals surface area contributed by atoms with Crippen LogP contribution in [-0.2, 0) is 13.0 Å². The first-order valence-corrected chi connectivity index (χ1v) is 5.57. The number of nitrogens with zero attached hydrogens (tertiary/aromatic N) is 2. The molecule has 0 aliphatic rings. The lowest BCUT2D eigenvalue weighted by molar-refractivity contribution is 0.282. The van der Waals surface area contributed by atoms with Crippen LogP contribution in [0, 0.1) is 0 Å². The minimum atomic E-state index is 0.0954. The lowest BCUT2D eigenvalue weighted by atomic mass is 10.1. The quantitative estimate of drug-likeness (QED) is 0.818. The van der Waals surface area contributed by atoms with E-state index in [0.29, 0.717) is 0 Å². The molecule has 0 saturated heterocycles. The lowest BCUT2D eigenvalue weighted by Crippen LogP contribution is -2.06. The normalized spacial score (nSPS) is 10.2. The Bertz CT molecular complexity index is 442. The zero-order valence-corrected chi connectivity index (χ0v) is 9.50. The van der Waals surface area contributed by atoms with Gasteiger partial charge in [0, 0.05) is 18.9 Å². The van der Waals surface area contributed by atoms with E-state index in [9.17, 15) is 0 Å². The van der Waals surface area contributed by atoms with Gasteiger partial charge in [0.1, 0.15) is 5.82 Å². The van der Waals surface area contributed by atoms with Gasteiger partial charge in [-0.15, -0.1) is 0 Å². The van der Waals surface area contributed by atoms with Gasteiger partial charge in [-0.25, -0.2) is 4.98 Å². The first kappa shape index (κ1) is 11.5. The van der Waals surface area contributed by atoms with Crippen LogP contribution in [0.1, 0.15) is 11.1 Å². The molecule has 2 aromatic rings. The van der Waals surface area contributed by atoms with Crippen LogP contribution in [-0.4, -0.2) is 21.6 Å². The molecule has 0 fully saturated rings. The molecule has 0 unspecified atom stereocenters. The molecule has 0 spiro atoms. The lowest BCUT2D eigenvalue weighted by Gasteiger charge is -2.05. The zero-order valence-electron chi connectivity index (χ0n) is 9.50. The summed E-state index contributed by atoms with van der Waals surface area (Å²) >= 11 is 0. The van der Waals surface area contributed by atoms with E-state index in [1.54, 1.807) is 18.6 Å². The monoisotopic (exact) mass is 229 g/mol. The number of hydrogen-bond donors (Lipinski definition) is 2. The first-order valence-electron chi connectivity index (χ1n) is 5.57. The molecular weight excluding hydrogens is 214 g/mol. The van der Waals surface area contributed by atoms with E-state index in [-0.39, 0.29) is 6.61 Å². The van der Waals surface area contributed by atoms with Crippen LogP contribution in [0.5, 0.6) is 0 Å². The Balaban J connectivity index is 1.82. The van der Waals surface area contributed by atoms with Crippen LogP contribution in [0.2, 0.25) is 0 Å². The van der Waals surface area contributed by atoms with Crippen molar-refractivity contribution < 1.29 is 5.11 Å². The predicted molar refractivity (Wildman–Crippen MR) is 66.6 cm³/mol. The Labute approximate surface area is 100 Å². The number of hydrogen-bond acceptors (Lipinski definition) is 4. The van der Waals surface area contributed by atoms with Crippen LogP contribution in [0.25, 0.3) is 0 Å². The number of aromatic nitrogens is 2. The van der Waals surface area contributed by atoms with Crippen molar-refractivity contribution in [3.05, 3.63) is 54.0 Å². The summed E-state index contributed by atoms with van der Waals surface area (Å²) in [5, 5.41) is 12.1. The topological polar surface area (TPSA) is 58.0 Å². The molecule has 88 valence electrons. The fraction of sp³-hybridized carbons (Fsp3) is 0.231. The average molecular weight is 229 g/mol. The number of benzene rings is 1. The number of rotatable bonds is 5. The van der Waals surface area contributed by atoms with Crippen molar-refractivity contribution in [1.82, 2.24) is 9.97 Å². The smallest absolute Gasteiger partial charge is 0.144 e. The highest BCUT2D eigenvalue weighted by Crippen LogP contribution is 2.05. The molecular formula is C13H15N3O. The van der Waals surface area contributed by atoms with Crippen LogP contribution < -0.4 is 5.32 Å². The fourth-order valence-corrected chi connectivity index (χ4v) is 1.54. The van der Waals surface area contributed by atoms with Crippen LogP contribution in [0.4, 0.5) is 5.82 Å². The van der Waals surface area contributed by atoms with Crippen LogP contribution >= 0.6 is 0 Å². The molecule has 4 heteroatoms. The second-order valence-electron chi connectivity index (χ2n) is 3.74. The minimum absolute atomic E-state index is 0.0954. The second kappa shape index (κ2) is 5.96. The van der Waals surface area contributed by atoms with E-state index < -0.39 is 0 Å². The summed E-state index contributed by atoms with van der Waals surface area (Å²) < 4.78 is 0. The largest absolute Gasteiger partial charge is 0.392 e. The molecule has 0 bridgehead atoms. The minimum Gasteiger partial charge on any atom is -0.392 e. The highest BCUT2D eigenvalue weighted by molar-refractivity contribution is 5.30. The number of aliphatic hydroxyl groups is 1. The maximum Gasteiger partial charge on any atom is 0.144 e. The maximum atomic E-state index is 8.93. The maximum absolute atomic E-state index is 8.93. The summed E-state index contributed by atoms with van der Waals surface area (Å²) in [5.74, 6) is 0.791. The molecule has 1 aromatic heterocycles. The van der Waals surface area contributed by atoms with Crippen molar-refractivity contribution in [2.75, 3.05) is 11.9 Å². The van der Waals surface area contributed by atoms with Gasteiger partial charge in [-0.1, -0.05) is 24.3 Å². The van der Waals surface area contributed by atoms with Gasteiger partial charge in [0.15, 0.2) is 0 Å². The Morgan fingerprint density at radius 1 is 1.06 bits per heavy atom. The molecule has 0 saturated carbocycles. The van der Waals surface area contributed by atoms with Gasteiger partial charge in [0.2, 0.25) is 0 Å². The van der Waals surface area contributed by atoms with Crippen molar-refractivity contribution in [3.63, 3.8) is 0 Å². The van der Waals surface area contributed by atoms with Crippen LogP contribution in [0.3, 0.4) is 0 Å². The Morgan fingerprint density at radius 2 is 1.82 bits per heavy atom. The van der Waals surface area contributed by atoms with Gasteiger partial charge in [0.05, 0.1) is 12.8 Å². The van der Waals surface area contributed by atoms with Gasteiger partial charge in [-0.2, -0.15) is 0 Å². The molecule has 0 amide bonds. The molecule has 4 nitrogen and oxygen atoms in total. The zero-order chi connectivity index (χ0) is 11.9. The second-order valence-corrected chi connectivity index (χ2v) is 3.74. The standard InChI is InChI=1S/C13H15N3O/c17-10-12-3-1-11(2-4-12)5-6-15-13-9-14-7-8-16-13/h1-4,7-9,17H,5-6,10H2,(H,15,16). The Hall–Kier alpha value is -1.94. The van der Waals surface area contributed by atoms with E-state index in [1.807, 2.05) is 24.3 Å². The first-order chi connectivity index (χ1) is 8.38. The molecule has 0 aliphatic heterocycles. The molecule has 0 radical (unpaired) electrons. The van der Waals surface area contributed by atoms with Gasteiger partial charge >= 0.3 is 0 Å². The van der Waals surface area contributed by atoms with E-state index in [0.717, 1.165) is 24.3 Å². The van der Waals surface area contributed by atoms with Crippen molar-refractivity contribution in [2.45, 2.75) is 13.0 Å². The van der Waals surface area contributed by atoms with E-state index >= 15 is 0 Å². The SMILES string of the molecule is OCc1ccc(CCNc2cnccn2)cc1. The highest BCUT2D eigenvalue weighted by atomic mass is 16.3. The van der Waals surface area contributed by atoms with Gasteiger partial charge in [-0.3, -0.25) is 4.98 Å². The molecule has 17 heavy (non-hydrogen) atoms. The van der Waals surface area contributed by atoms with Crippen molar-refractivity contribution in [1.29, 1.82) is 0 Å². The third-order valence-corrected chi connectivity index (χ3v) is 2.49. The van der Waals surface area contributed by atoms with Crippen molar-refractivity contribution in [2.24, 2.45) is 0 Å². The third-order valence-electron chi connectivity index (χ3n) is 2.49. The third kappa shape index (κ3) is 3.53. The number of nitrogens with one attached hydrogen (secondary N) is 1. The fourth-order valence-electron chi connectivity index (χ4n) is 1.54. The predicted octanol–water partition coefficient (Wildman–Crippen LogP) is 1.62. The average Bonchev–Trinajstić information content (AvgIpc) is 2.41. The molecule has 0 aliphatic carbocycles. The highest BCUT2D eigenvalue weighted by Gasteiger charge is 1.95. The number of aliphatic hydroxyl groups excluding tert-OH is 1. The van der Waals surface area contributed by atoms with E-state index in [1.165, 1.54) is 5.56 Å². The van der Waals surface area contributed by atoms with Gasteiger partial charge in [-0.05, 0) is 17.5 Å². The van der Waals surface area contributed by atoms with Gasteiger partial charge in [0.25, 0.3) is 0 Å². The molecule has 1 aromatic carbocycles.